The molecule has 0 radical (unpaired) electrons. The first-order valence-electron chi connectivity index (χ1n) is 5.68. The topological polar surface area (TPSA) is 41.1 Å². The quantitative estimate of drug-likeness (QED) is 0.659. The van der Waals surface area contributed by atoms with Crippen molar-refractivity contribution in [1.29, 1.82) is 0 Å². The molecule has 3 heteroatoms. The normalized spacial score (nSPS) is 18.4. The zero-order valence-corrected chi connectivity index (χ0v) is 9.38. The largest absolute Gasteiger partial charge is 0.344 e. The lowest BCUT2D eigenvalue weighted by atomic mass is 10.1. The summed E-state index contributed by atoms with van der Waals surface area (Å²) in [7, 11) is 0. The lowest BCUT2D eigenvalue weighted by molar-refractivity contribution is -0.122. The highest BCUT2D eigenvalue weighted by Gasteiger charge is 2.17. The van der Waals surface area contributed by atoms with Crippen LogP contribution in [0.1, 0.15) is 32.6 Å². The molecular formula is C12H20N2O. The number of hydrogen-bond donors (Lipinski definition) is 2. The van der Waals surface area contributed by atoms with Crippen LogP contribution in [0, 0.1) is 18.3 Å². The first-order valence-corrected chi connectivity index (χ1v) is 5.68. The summed E-state index contributed by atoms with van der Waals surface area (Å²) in [5, 5.41) is 5.92. The maximum Gasteiger partial charge on any atom is 0.237 e. The van der Waals surface area contributed by atoms with E-state index in [9.17, 15) is 4.79 Å². The van der Waals surface area contributed by atoms with Crippen molar-refractivity contribution in [3.63, 3.8) is 0 Å². The van der Waals surface area contributed by atoms with Crippen LogP contribution in [-0.4, -0.2) is 25.0 Å². The molecule has 0 aromatic rings. The third kappa shape index (κ3) is 4.35. The highest BCUT2D eigenvalue weighted by Crippen LogP contribution is 2.23. The molecule has 0 spiro atoms. The Balaban J connectivity index is 2.14. The summed E-state index contributed by atoms with van der Waals surface area (Å²) in [5.41, 5.74) is 0. The number of carbonyl (C=O) groups excluding carboxylic acids is 1. The van der Waals surface area contributed by atoms with Crippen LogP contribution in [0.15, 0.2) is 0 Å². The van der Waals surface area contributed by atoms with Crippen molar-refractivity contribution < 1.29 is 4.79 Å². The Morgan fingerprint density at radius 3 is 2.80 bits per heavy atom. The Kier molecular flexibility index (Phi) is 5.20. The molecule has 1 unspecified atom stereocenters. The minimum atomic E-state index is -0.140. The van der Waals surface area contributed by atoms with Crippen molar-refractivity contribution in [3.05, 3.63) is 0 Å². The van der Waals surface area contributed by atoms with Gasteiger partial charge in [-0.05, 0) is 32.2 Å². The van der Waals surface area contributed by atoms with Gasteiger partial charge in [-0.2, -0.15) is 0 Å². The van der Waals surface area contributed by atoms with Crippen molar-refractivity contribution in [2.24, 2.45) is 5.92 Å². The summed E-state index contributed by atoms with van der Waals surface area (Å²) in [4.78, 5) is 11.4. The molecule has 0 aromatic heterocycles. The molecule has 0 saturated heterocycles. The number of rotatable bonds is 5. The minimum absolute atomic E-state index is 0.00838. The standard InChI is InChI=1S/C12H20N2O/c1-3-8-13-12(15)10(2)14-9-11-6-4-5-7-11/h1,10-11,14H,4-9H2,2H3,(H,13,15). The first kappa shape index (κ1) is 12.1. The number of terminal acetylenes is 1. The maximum absolute atomic E-state index is 11.4. The van der Waals surface area contributed by atoms with Gasteiger partial charge < -0.3 is 10.6 Å². The van der Waals surface area contributed by atoms with Crippen molar-refractivity contribution >= 4 is 5.91 Å². The van der Waals surface area contributed by atoms with E-state index < -0.39 is 0 Å². The van der Waals surface area contributed by atoms with Crippen molar-refractivity contribution in [3.8, 4) is 12.3 Å². The lowest BCUT2D eigenvalue weighted by Crippen LogP contribution is -2.43. The molecule has 1 aliphatic carbocycles. The lowest BCUT2D eigenvalue weighted by Gasteiger charge is -2.16. The van der Waals surface area contributed by atoms with Gasteiger partial charge in [0.2, 0.25) is 5.91 Å². The van der Waals surface area contributed by atoms with Gasteiger partial charge in [0.15, 0.2) is 0 Å². The third-order valence-electron chi connectivity index (χ3n) is 2.95. The Morgan fingerprint density at radius 1 is 1.53 bits per heavy atom. The highest BCUT2D eigenvalue weighted by molar-refractivity contribution is 5.81. The van der Waals surface area contributed by atoms with E-state index in [-0.39, 0.29) is 11.9 Å². The van der Waals surface area contributed by atoms with Gasteiger partial charge in [-0.1, -0.05) is 18.8 Å². The van der Waals surface area contributed by atoms with Gasteiger partial charge in [0.1, 0.15) is 0 Å². The van der Waals surface area contributed by atoms with Crippen LogP contribution < -0.4 is 10.6 Å². The van der Waals surface area contributed by atoms with Gasteiger partial charge in [-0.15, -0.1) is 6.42 Å². The predicted molar refractivity (Wildman–Crippen MR) is 61.3 cm³/mol. The van der Waals surface area contributed by atoms with Gasteiger partial charge in [0, 0.05) is 0 Å². The molecule has 1 rings (SSSR count). The molecule has 1 fully saturated rings. The second-order valence-corrected chi connectivity index (χ2v) is 4.20. The Labute approximate surface area is 92.0 Å². The number of amides is 1. The van der Waals surface area contributed by atoms with Crippen LogP contribution in [0.3, 0.4) is 0 Å². The van der Waals surface area contributed by atoms with Crippen LogP contribution in [-0.2, 0) is 4.79 Å². The molecule has 0 bridgehead atoms. The summed E-state index contributed by atoms with van der Waals surface area (Å²) in [6.07, 6.45) is 10.3. The molecule has 1 amide bonds. The summed E-state index contributed by atoms with van der Waals surface area (Å²) in [6.45, 7) is 3.14. The van der Waals surface area contributed by atoms with Crippen LogP contribution in [0.4, 0.5) is 0 Å². The Hall–Kier alpha value is -1.01. The molecule has 0 aromatic carbocycles. The summed E-state index contributed by atoms with van der Waals surface area (Å²) < 4.78 is 0. The zero-order chi connectivity index (χ0) is 11.1. The molecule has 1 saturated carbocycles. The third-order valence-corrected chi connectivity index (χ3v) is 2.95. The highest BCUT2D eigenvalue weighted by atomic mass is 16.2. The van der Waals surface area contributed by atoms with Crippen molar-refractivity contribution in [1.82, 2.24) is 10.6 Å². The Morgan fingerprint density at radius 2 is 2.20 bits per heavy atom. The monoisotopic (exact) mass is 208 g/mol. The van der Waals surface area contributed by atoms with Crippen molar-refractivity contribution in [2.75, 3.05) is 13.1 Å². The first-order chi connectivity index (χ1) is 7.24. The number of carbonyl (C=O) groups is 1. The van der Waals surface area contributed by atoms with E-state index in [1.165, 1.54) is 25.7 Å². The minimum Gasteiger partial charge on any atom is -0.344 e. The molecule has 1 atom stereocenters. The maximum atomic E-state index is 11.4. The van der Waals surface area contributed by atoms with Gasteiger partial charge >= 0.3 is 0 Å². The fourth-order valence-electron chi connectivity index (χ4n) is 1.94. The van der Waals surface area contributed by atoms with E-state index in [0.29, 0.717) is 6.54 Å². The molecule has 2 N–H and O–H groups in total. The van der Waals surface area contributed by atoms with E-state index in [1.807, 2.05) is 6.92 Å². The van der Waals surface area contributed by atoms with Gasteiger partial charge in [-0.3, -0.25) is 4.79 Å². The smallest absolute Gasteiger partial charge is 0.237 e. The summed E-state index contributed by atoms with van der Waals surface area (Å²) >= 11 is 0. The fraction of sp³-hybridized carbons (Fsp3) is 0.750. The zero-order valence-electron chi connectivity index (χ0n) is 9.38. The molecule has 15 heavy (non-hydrogen) atoms. The molecule has 84 valence electrons. The van der Waals surface area contributed by atoms with E-state index in [4.69, 9.17) is 6.42 Å². The number of hydrogen-bond acceptors (Lipinski definition) is 2. The van der Waals surface area contributed by atoms with E-state index in [1.54, 1.807) is 0 Å². The van der Waals surface area contributed by atoms with E-state index >= 15 is 0 Å². The van der Waals surface area contributed by atoms with Crippen LogP contribution >= 0.6 is 0 Å². The van der Waals surface area contributed by atoms with Crippen LogP contribution in [0.25, 0.3) is 0 Å². The van der Waals surface area contributed by atoms with Crippen molar-refractivity contribution in [2.45, 2.75) is 38.6 Å². The molecular weight excluding hydrogens is 188 g/mol. The van der Waals surface area contributed by atoms with Gasteiger partial charge in [0.25, 0.3) is 0 Å². The van der Waals surface area contributed by atoms with Gasteiger partial charge in [0.05, 0.1) is 12.6 Å². The predicted octanol–water partition coefficient (Wildman–Crippen LogP) is 0.904. The summed E-state index contributed by atoms with van der Waals surface area (Å²) in [6, 6.07) is -0.140. The Bertz CT molecular complexity index is 238. The average Bonchev–Trinajstić information content (AvgIpc) is 2.75. The van der Waals surface area contributed by atoms with Crippen LogP contribution in [0.2, 0.25) is 0 Å². The second-order valence-electron chi connectivity index (χ2n) is 4.20. The second kappa shape index (κ2) is 6.47. The average molecular weight is 208 g/mol. The molecule has 0 heterocycles. The van der Waals surface area contributed by atoms with Gasteiger partial charge in [-0.25, -0.2) is 0 Å². The number of nitrogens with one attached hydrogen (secondary N) is 2. The molecule has 1 aliphatic rings. The van der Waals surface area contributed by atoms with Crippen LogP contribution in [0.5, 0.6) is 0 Å². The van der Waals surface area contributed by atoms with E-state index in [0.717, 1.165) is 12.5 Å². The summed E-state index contributed by atoms with van der Waals surface area (Å²) in [5.74, 6) is 3.14. The molecule has 0 aliphatic heterocycles. The fourth-order valence-corrected chi connectivity index (χ4v) is 1.94. The molecule has 3 nitrogen and oxygen atoms in total. The van der Waals surface area contributed by atoms with E-state index in [2.05, 4.69) is 16.6 Å². The SMILES string of the molecule is C#CCNC(=O)C(C)NCC1CCCC1.